The van der Waals surface area contributed by atoms with Crippen LogP contribution >= 0.6 is 0 Å². The topological polar surface area (TPSA) is 126 Å². The van der Waals surface area contributed by atoms with E-state index in [1.807, 2.05) is 58.0 Å². The van der Waals surface area contributed by atoms with Crippen molar-refractivity contribution in [3.8, 4) is 5.75 Å². The lowest BCUT2D eigenvalue weighted by molar-refractivity contribution is -0.144. The third kappa shape index (κ3) is 8.64. The summed E-state index contributed by atoms with van der Waals surface area (Å²) >= 11 is 0. The molecule has 0 saturated carbocycles. The molecule has 1 aromatic rings. The summed E-state index contributed by atoms with van der Waals surface area (Å²) in [7, 11) is 1.55. The van der Waals surface area contributed by atoms with Crippen LogP contribution in [0, 0.1) is 23.7 Å². The van der Waals surface area contributed by atoms with Crippen LogP contribution in [0.4, 0.5) is 0 Å². The fourth-order valence-corrected chi connectivity index (χ4v) is 5.44. The van der Waals surface area contributed by atoms with Crippen LogP contribution in [0.3, 0.4) is 0 Å². The molecule has 0 unspecified atom stereocenters. The maximum atomic E-state index is 13.4. The van der Waals surface area contributed by atoms with Gasteiger partial charge in [0.25, 0.3) is 5.91 Å². The summed E-state index contributed by atoms with van der Waals surface area (Å²) in [6.07, 6.45) is 4.39. The summed E-state index contributed by atoms with van der Waals surface area (Å²) < 4.78 is 11.6. The molecule has 0 radical (unpaired) electrons. The first-order valence-corrected chi connectivity index (χ1v) is 15.1. The van der Waals surface area contributed by atoms with Gasteiger partial charge in [-0.15, -0.1) is 0 Å². The second kappa shape index (κ2) is 15.3. The molecule has 1 aromatic carbocycles. The highest BCUT2D eigenvalue weighted by molar-refractivity contribution is 5.92. The van der Waals surface area contributed by atoms with Gasteiger partial charge in [-0.2, -0.15) is 0 Å². The lowest BCUT2D eigenvalue weighted by Crippen LogP contribution is -2.61. The Bertz CT molecular complexity index is 1140. The number of methoxy groups -OCH3 is 1. The number of carbonyl (C=O) groups excluding carboxylic acids is 4. The first-order chi connectivity index (χ1) is 19.9. The van der Waals surface area contributed by atoms with Crippen molar-refractivity contribution in [2.24, 2.45) is 23.7 Å². The number of ketones is 1. The number of nitrogens with zero attached hydrogens (tertiary/aromatic N) is 1. The molecule has 4 bridgehead atoms. The quantitative estimate of drug-likeness (QED) is 0.466. The third-order valence-corrected chi connectivity index (χ3v) is 8.19. The number of Topliss-reactive ketones (excluding diaryl/α,β-unsaturated/α-hetero) is 1. The van der Waals surface area contributed by atoms with E-state index in [9.17, 15) is 19.2 Å². The van der Waals surface area contributed by atoms with Gasteiger partial charge in [0.15, 0.2) is 0 Å². The molecule has 3 rings (SSSR count). The Hall–Kier alpha value is -3.24. The maximum absolute atomic E-state index is 13.4. The van der Waals surface area contributed by atoms with Crippen LogP contribution < -0.4 is 20.8 Å². The van der Waals surface area contributed by atoms with Crippen LogP contribution in [0.2, 0.25) is 0 Å². The molecule has 2 aliphatic heterocycles. The lowest BCUT2D eigenvalue weighted by Gasteiger charge is -2.36. The van der Waals surface area contributed by atoms with Crippen LogP contribution in [0.1, 0.15) is 72.4 Å². The van der Waals surface area contributed by atoms with Crippen molar-refractivity contribution < 1.29 is 28.7 Å². The predicted molar refractivity (Wildman–Crippen MR) is 160 cm³/mol. The molecule has 2 aliphatic rings. The number of benzene rings is 1. The van der Waals surface area contributed by atoms with Crippen molar-refractivity contribution in [2.75, 3.05) is 20.3 Å². The second-order valence-electron chi connectivity index (χ2n) is 12.1. The molecular weight excluding hydrogens is 536 g/mol. The fraction of sp³-hybridized carbons (Fsp3) is 0.625. The number of carbonyl (C=O) groups is 4. The van der Waals surface area contributed by atoms with E-state index >= 15 is 0 Å². The second-order valence-corrected chi connectivity index (χ2v) is 12.1. The first kappa shape index (κ1) is 33.3. The van der Waals surface area contributed by atoms with E-state index in [-0.39, 0.29) is 54.4 Å². The number of nitrogens with one attached hydrogen (secondary N) is 3. The van der Waals surface area contributed by atoms with Gasteiger partial charge in [-0.1, -0.05) is 52.8 Å². The largest absolute Gasteiger partial charge is 0.490 e. The number of amides is 3. The molecule has 1 fully saturated rings. The molecule has 6 atom stereocenters. The predicted octanol–water partition coefficient (Wildman–Crippen LogP) is 3.33. The zero-order valence-corrected chi connectivity index (χ0v) is 26.0. The minimum Gasteiger partial charge on any atom is -0.490 e. The van der Waals surface area contributed by atoms with Gasteiger partial charge in [-0.3, -0.25) is 24.2 Å². The maximum Gasteiger partial charge on any atom is 0.258 e. The monoisotopic (exact) mass is 584 g/mol. The van der Waals surface area contributed by atoms with Gasteiger partial charge in [-0.05, 0) is 55.4 Å². The minimum atomic E-state index is -0.834. The molecule has 10 nitrogen and oxygen atoms in total. The summed E-state index contributed by atoms with van der Waals surface area (Å²) in [5, 5.41) is 7.41. The summed E-state index contributed by atoms with van der Waals surface area (Å²) in [4.78, 5) is 53.3. The van der Waals surface area contributed by atoms with E-state index in [2.05, 4.69) is 16.1 Å². The standard InChI is InChI=1S/C32H48N4O6/c1-19(2)25-18-27(37)21(5)28(41-7)14-10-16-42-24-12-8-11-23(17-24)29(20(3)4)34-31(39)26-13-9-15-36(35-26)32(40)22(6)33-30(25)38/h8,10-12,14,17,19-22,25-26,28-29,35H,9,13,15-16,18H2,1-7H3,(H,33,38)(H,34,39)/b14-10+/t21-,22-,25-,26-,28+,29+/m0/s1. The highest BCUT2D eigenvalue weighted by Gasteiger charge is 2.35. The van der Waals surface area contributed by atoms with Gasteiger partial charge < -0.3 is 20.1 Å². The van der Waals surface area contributed by atoms with Crippen LogP contribution in [0.5, 0.6) is 5.75 Å². The summed E-state index contributed by atoms with van der Waals surface area (Å²) in [5.74, 6) is -1.43. The normalized spacial score (nSPS) is 29.7. The molecule has 2 heterocycles. The van der Waals surface area contributed by atoms with Gasteiger partial charge >= 0.3 is 0 Å². The van der Waals surface area contributed by atoms with Gasteiger partial charge in [-0.25, -0.2) is 5.43 Å². The highest BCUT2D eigenvalue weighted by Crippen LogP contribution is 2.26. The van der Waals surface area contributed by atoms with Crippen LogP contribution in [0.15, 0.2) is 36.4 Å². The number of rotatable bonds is 3. The molecule has 0 aromatic heterocycles. The zero-order chi connectivity index (χ0) is 31.0. The summed E-state index contributed by atoms with van der Waals surface area (Å²) in [5.41, 5.74) is 3.99. The van der Waals surface area contributed by atoms with E-state index in [0.29, 0.717) is 25.1 Å². The first-order valence-electron chi connectivity index (χ1n) is 15.1. The Kier molecular flexibility index (Phi) is 12.1. The molecule has 10 heteroatoms. The molecule has 232 valence electrons. The molecule has 3 N–H and O–H groups in total. The molecule has 42 heavy (non-hydrogen) atoms. The number of hydrazine groups is 1. The van der Waals surface area contributed by atoms with Crippen molar-refractivity contribution in [1.29, 1.82) is 0 Å². The highest BCUT2D eigenvalue weighted by atomic mass is 16.5. The molecule has 0 aliphatic carbocycles. The van der Waals surface area contributed by atoms with Crippen molar-refractivity contribution in [3.05, 3.63) is 42.0 Å². The SMILES string of the molecule is CO[C@@H]1/C=C/COc2cccc(c2)[C@@H](C(C)C)NC(=O)[C@@H]2CCCN(N2)C(=O)[C@H](C)NC(=O)[C@H](C(C)C)CC(=O)[C@@H]1C. The van der Waals surface area contributed by atoms with E-state index < -0.39 is 30.0 Å². The summed E-state index contributed by atoms with van der Waals surface area (Å²) in [6.45, 7) is 12.0. The summed E-state index contributed by atoms with van der Waals surface area (Å²) in [6, 6.07) is 5.94. The van der Waals surface area contributed by atoms with Gasteiger partial charge in [0.1, 0.15) is 30.2 Å². The average Bonchev–Trinajstić information content (AvgIpc) is 2.97. The Morgan fingerprint density at radius 1 is 1.00 bits per heavy atom. The third-order valence-electron chi connectivity index (χ3n) is 8.19. The van der Waals surface area contributed by atoms with Crippen molar-refractivity contribution in [2.45, 2.75) is 85.0 Å². The van der Waals surface area contributed by atoms with E-state index in [0.717, 1.165) is 5.56 Å². The number of fused-ring (bicyclic) bond motifs is 4. The Balaban J connectivity index is 1.92. The van der Waals surface area contributed by atoms with Gasteiger partial charge in [0, 0.05) is 31.9 Å². The van der Waals surface area contributed by atoms with Crippen LogP contribution in [-0.4, -0.2) is 67.0 Å². The van der Waals surface area contributed by atoms with Crippen molar-refractivity contribution in [3.63, 3.8) is 0 Å². The number of hydrogen-bond acceptors (Lipinski definition) is 7. The van der Waals surface area contributed by atoms with Crippen LogP contribution in [-0.2, 0) is 23.9 Å². The van der Waals surface area contributed by atoms with Crippen LogP contribution in [0.25, 0.3) is 0 Å². The van der Waals surface area contributed by atoms with E-state index in [1.54, 1.807) is 27.0 Å². The Morgan fingerprint density at radius 3 is 2.40 bits per heavy atom. The van der Waals surface area contributed by atoms with Crippen molar-refractivity contribution >= 4 is 23.5 Å². The average molecular weight is 585 g/mol. The number of hydrogen-bond donors (Lipinski definition) is 3. The Labute approximate surface area is 249 Å². The van der Waals surface area contributed by atoms with E-state index in [4.69, 9.17) is 9.47 Å². The molecule has 3 amide bonds. The lowest BCUT2D eigenvalue weighted by atomic mass is 9.85. The van der Waals surface area contributed by atoms with Gasteiger partial charge in [0.05, 0.1) is 12.1 Å². The molecule has 0 spiro atoms. The fourth-order valence-electron chi connectivity index (χ4n) is 5.44. The molecular formula is C32H48N4O6. The Morgan fingerprint density at radius 2 is 1.74 bits per heavy atom. The molecule has 1 saturated heterocycles. The minimum absolute atomic E-state index is 0.0315. The van der Waals surface area contributed by atoms with E-state index in [1.165, 1.54) is 5.01 Å². The number of ether oxygens (including phenoxy) is 2. The zero-order valence-electron chi connectivity index (χ0n) is 26.0. The smallest absolute Gasteiger partial charge is 0.258 e. The van der Waals surface area contributed by atoms with Crippen molar-refractivity contribution in [1.82, 2.24) is 21.1 Å². The van der Waals surface area contributed by atoms with Gasteiger partial charge in [0.2, 0.25) is 11.8 Å².